The Balaban J connectivity index is 3.17. The minimum atomic E-state index is -1.37. The molecule has 0 aliphatic rings. The predicted molar refractivity (Wildman–Crippen MR) is 39.6 cm³/mol. The molecule has 1 rings (SSSR count). The highest BCUT2D eigenvalue weighted by molar-refractivity contribution is 7.17. The highest BCUT2D eigenvalue weighted by Crippen LogP contribution is 2.33. The molecule has 1 aromatic heterocycles. The molecule has 0 fully saturated rings. The molecule has 0 aliphatic carbocycles. The van der Waals surface area contributed by atoms with Crippen molar-refractivity contribution in [2.75, 3.05) is 0 Å². The van der Waals surface area contributed by atoms with Gasteiger partial charge in [0.2, 0.25) is 0 Å². The molecule has 0 aliphatic heterocycles. The van der Waals surface area contributed by atoms with Crippen LogP contribution < -0.4 is 0 Å². The van der Waals surface area contributed by atoms with E-state index in [0.29, 0.717) is 11.3 Å². The van der Waals surface area contributed by atoms with E-state index < -0.39 is 21.5 Å². The first kappa shape index (κ1) is 8.47. The molecule has 0 aromatic carbocycles. The Morgan fingerprint density at radius 1 is 1.67 bits per heavy atom. The van der Waals surface area contributed by atoms with Crippen molar-refractivity contribution >= 4 is 22.3 Å². The third kappa shape index (κ3) is 1.35. The molecule has 7 heteroatoms. The fourth-order valence-electron chi connectivity index (χ4n) is 0.612. The summed E-state index contributed by atoms with van der Waals surface area (Å²) >= 11 is 0.427. The molecule has 0 unspecified atom stereocenters. The lowest BCUT2D eigenvalue weighted by Crippen LogP contribution is -1.90. The van der Waals surface area contributed by atoms with Crippen LogP contribution in [0.3, 0.4) is 0 Å². The number of aromatic carboxylic acids is 1. The standard InChI is InChI=1S/C5H3NO5S/c7-2-1-3(6(10)11)12-4(2)5(8)9/h1,7H,(H,8,9). The highest BCUT2D eigenvalue weighted by atomic mass is 32.1. The summed E-state index contributed by atoms with van der Waals surface area (Å²) in [5, 5.41) is 27.0. The van der Waals surface area contributed by atoms with Crippen molar-refractivity contribution in [3.05, 3.63) is 21.1 Å². The van der Waals surface area contributed by atoms with Crippen molar-refractivity contribution in [3.63, 3.8) is 0 Å². The summed E-state index contributed by atoms with van der Waals surface area (Å²) in [6.45, 7) is 0. The minimum Gasteiger partial charge on any atom is -0.506 e. The first-order valence-corrected chi connectivity index (χ1v) is 3.54. The van der Waals surface area contributed by atoms with E-state index in [1.165, 1.54) is 0 Å². The highest BCUT2D eigenvalue weighted by Gasteiger charge is 2.20. The monoisotopic (exact) mass is 189 g/mol. The molecular weight excluding hydrogens is 186 g/mol. The van der Waals surface area contributed by atoms with Crippen LogP contribution >= 0.6 is 11.3 Å². The number of aromatic hydroxyl groups is 1. The van der Waals surface area contributed by atoms with E-state index in [9.17, 15) is 14.9 Å². The van der Waals surface area contributed by atoms with E-state index in [4.69, 9.17) is 10.2 Å². The summed E-state index contributed by atoms with van der Waals surface area (Å²) in [6.07, 6.45) is 0. The van der Waals surface area contributed by atoms with E-state index in [-0.39, 0.29) is 5.00 Å². The lowest BCUT2D eigenvalue weighted by molar-refractivity contribution is -0.380. The van der Waals surface area contributed by atoms with E-state index in [1.54, 1.807) is 0 Å². The summed E-state index contributed by atoms with van der Waals surface area (Å²) in [4.78, 5) is 19.2. The third-order valence-corrected chi connectivity index (χ3v) is 2.14. The first-order valence-electron chi connectivity index (χ1n) is 2.73. The topological polar surface area (TPSA) is 101 Å². The van der Waals surface area contributed by atoms with Gasteiger partial charge in [-0.3, -0.25) is 10.1 Å². The van der Waals surface area contributed by atoms with Gasteiger partial charge >= 0.3 is 11.0 Å². The van der Waals surface area contributed by atoms with Gasteiger partial charge in [-0.25, -0.2) is 4.79 Å². The molecule has 2 N–H and O–H groups in total. The molecule has 0 bridgehead atoms. The van der Waals surface area contributed by atoms with Crippen LogP contribution in [0.2, 0.25) is 0 Å². The molecule has 0 saturated heterocycles. The van der Waals surface area contributed by atoms with Crippen LogP contribution in [0, 0.1) is 10.1 Å². The van der Waals surface area contributed by atoms with E-state index in [0.717, 1.165) is 6.07 Å². The van der Waals surface area contributed by atoms with Crippen molar-refractivity contribution in [3.8, 4) is 5.75 Å². The summed E-state index contributed by atoms with van der Waals surface area (Å²) in [6, 6.07) is 0.814. The Morgan fingerprint density at radius 3 is 2.50 bits per heavy atom. The fraction of sp³-hybridized carbons (Fsp3) is 0. The Kier molecular flexibility index (Phi) is 1.96. The van der Waals surface area contributed by atoms with Gasteiger partial charge < -0.3 is 10.2 Å². The number of carbonyl (C=O) groups is 1. The van der Waals surface area contributed by atoms with Crippen LogP contribution in [0.15, 0.2) is 6.07 Å². The van der Waals surface area contributed by atoms with Crippen LogP contribution in [0.1, 0.15) is 9.67 Å². The largest absolute Gasteiger partial charge is 0.506 e. The summed E-state index contributed by atoms with van der Waals surface area (Å²) in [7, 11) is 0. The molecule has 0 atom stereocenters. The maximum atomic E-state index is 10.3. The molecule has 0 saturated carbocycles. The fourth-order valence-corrected chi connectivity index (χ4v) is 1.32. The first-order chi connectivity index (χ1) is 5.52. The van der Waals surface area contributed by atoms with E-state index in [2.05, 4.69) is 0 Å². The van der Waals surface area contributed by atoms with Gasteiger partial charge in [-0.15, -0.1) is 0 Å². The molecule has 1 heterocycles. The molecule has 0 amide bonds. The average molecular weight is 189 g/mol. The van der Waals surface area contributed by atoms with E-state index >= 15 is 0 Å². The maximum absolute atomic E-state index is 10.3. The number of hydrogen-bond donors (Lipinski definition) is 2. The van der Waals surface area contributed by atoms with Crippen LogP contribution in [-0.2, 0) is 0 Å². The zero-order valence-corrected chi connectivity index (χ0v) is 6.37. The van der Waals surface area contributed by atoms with Crippen molar-refractivity contribution in [2.24, 2.45) is 0 Å². The van der Waals surface area contributed by atoms with Gasteiger partial charge in [-0.2, -0.15) is 0 Å². The number of carboxylic acid groups (broad SMARTS) is 1. The van der Waals surface area contributed by atoms with Gasteiger partial charge in [0.25, 0.3) is 0 Å². The quantitative estimate of drug-likeness (QED) is 0.535. The number of thiophene rings is 1. The molecule has 0 radical (unpaired) electrons. The van der Waals surface area contributed by atoms with Gasteiger partial charge in [0.15, 0.2) is 4.88 Å². The second-order valence-electron chi connectivity index (χ2n) is 1.86. The lowest BCUT2D eigenvalue weighted by Gasteiger charge is -1.84. The smallest absolute Gasteiger partial charge is 0.349 e. The summed E-state index contributed by atoms with van der Waals surface area (Å²) in [5.74, 6) is -1.94. The summed E-state index contributed by atoms with van der Waals surface area (Å²) in [5.41, 5.74) is 0. The normalized spacial score (nSPS) is 9.67. The zero-order chi connectivity index (χ0) is 9.30. The predicted octanol–water partition coefficient (Wildman–Crippen LogP) is 1.06. The average Bonchev–Trinajstić information content (AvgIpc) is 2.30. The number of nitrogens with zero attached hydrogens (tertiary/aromatic N) is 1. The Labute approximate surface area is 69.8 Å². The Bertz CT molecular complexity index is 344. The molecule has 0 spiro atoms. The number of carboxylic acids is 1. The van der Waals surface area contributed by atoms with Gasteiger partial charge in [-0.1, -0.05) is 11.3 Å². The van der Waals surface area contributed by atoms with E-state index in [1.807, 2.05) is 0 Å². The minimum absolute atomic E-state index is 0.384. The molecule has 1 aromatic rings. The van der Waals surface area contributed by atoms with Gasteiger partial charge in [0.1, 0.15) is 5.75 Å². The number of hydrogen-bond acceptors (Lipinski definition) is 5. The van der Waals surface area contributed by atoms with Crippen molar-refractivity contribution in [1.29, 1.82) is 0 Å². The van der Waals surface area contributed by atoms with Crippen molar-refractivity contribution in [1.82, 2.24) is 0 Å². The molecule has 6 nitrogen and oxygen atoms in total. The second-order valence-corrected chi connectivity index (χ2v) is 2.89. The molecule has 64 valence electrons. The van der Waals surface area contributed by atoms with Crippen LogP contribution in [0.5, 0.6) is 5.75 Å². The van der Waals surface area contributed by atoms with Crippen molar-refractivity contribution in [2.45, 2.75) is 0 Å². The maximum Gasteiger partial charge on any atom is 0.349 e. The van der Waals surface area contributed by atoms with Crippen LogP contribution in [0.25, 0.3) is 0 Å². The van der Waals surface area contributed by atoms with Gasteiger partial charge in [0.05, 0.1) is 11.0 Å². The zero-order valence-electron chi connectivity index (χ0n) is 5.55. The van der Waals surface area contributed by atoms with Gasteiger partial charge in [-0.05, 0) is 0 Å². The lowest BCUT2D eigenvalue weighted by atomic mass is 10.4. The van der Waals surface area contributed by atoms with Crippen LogP contribution in [-0.4, -0.2) is 21.1 Å². The van der Waals surface area contributed by atoms with Crippen LogP contribution in [0.4, 0.5) is 5.00 Å². The SMILES string of the molecule is O=C(O)c1sc([N+](=O)[O-])cc1O. The van der Waals surface area contributed by atoms with Crippen molar-refractivity contribution < 1.29 is 19.9 Å². The Hall–Kier alpha value is -1.63. The second kappa shape index (κ2) is 2.78. The number of nitro groups is 1. The summed E-state index contributed by atoms with van der Waals surface area (Å²) < 4.78 is 0. The molecular formula is C5H3NO5S. The third-order valence-electron chi connectivity index (χ3n) is 1.07. The Morgan fingerprint density at radius 2 is 2.25 bits per heavy atom. The van der Waals surface area contributed by atoms with Gasteiger partial charge in [0, 0.05) is 0 Å². The molecule has 12 heavy (non-hydrogen) atoms. The number of rotatable bonds is 2.